The lowest BCUT2D eigenvalue weighted by molar-refractivity contribution is 0.0985. The van der Waals surface area contributed by atoms with E-state index < -0.39 is 0 Å². The summed E-state index contributed by atoms with van der Waals surface area (Å²) in [6.45, 7) is 0. The minimum Gasteiger partial charge on any atom is -0.294 e. The van der Waals surface area contributed by atoms with Gasteiger partial charge in [-0.05, 0) is 34.0 Å². The van der Waals surface area contributed by atoms with Crippen LogP contribution in [0.25, 0.3) is 21.5 Å². The molecule has 3 aromatic carbocycles. The molecule has 20 heavy (non-hydrogen) atoms. The second-order valence-corrected chi connectivity index (χ2v) is 5.29. The molecule has 3 aromatic rings. The summed E-state index contributed by atoms with van der Waals surface area (Å²) in [5, 5.41) is 4.29. The van der Waals surface area contributed by atoms with Crippen LogP contribution in [0.5, 0.6) is 0 Å². The first-order valence-corrected chi connectivity index (χ1v) is 7.34. The van der Waals surface area contributed by atoms with E-state index in [9.17, 15) is 4.79 Å². The molecule has 0 aromatic heterocycles. The summed E-state index contributed by atoms with van der Waals surface area (Å²) in [6, 6.07) is 18.3. The predicted molar refractivity (Wildman–Crippen MR) is 85.7 cm³/mol. The largest absolute Gasteiger partial charge is 0.294 e. The molecule has 0 aliphatic heterocycles. The zero-order chi connectivity index (χ0) is 13.9. The molecule has 0 N–H and O–H groups in total. The number of carbonyl (C=O) groups excluding carboxylic acids is 1. The summed E-state index contributed by atoms with van der Waals surface area (Å²) in [6.07, 6.45) is 1.22. The van der Waals surface area contributed by atoms with Gasteiger partial charge in [-0.25, -0.2) is 0 Å². The summed E-state index contributed by atoms with van der Waals surface area (Å²) in [5.41, 5.74) is 0.837. The van der Waals surface area contributed by atoms with Crippen LogP contribution in [0.1, 0.15) is 23.2 Å². The van der Waals surface area contributed by atoms with Crippen LogP contribution in [0.4, 0.5) is 0 Å². The lowest BCUT2D eigenvalue weighted by Crippen LogP contribution is -2.02. The van der Waals surface area contributed by atoms with Crippen LogP contribution in [0.2, 0.25) is 0 Å². The van der Waals surface area contributed by atoms with Gasteiger partial charge in [-0.3, -0.25) is 4.79 Å². The van der Waals surface area contributed by atoms with Crippen molar-refractivity contribution in [3.63, 3.8) is 0 Å². The van der Waals surface area contributed by atoms with Gasteiger partial charge in [0.25, 0.3) is 0 Å². The molecule has 0 fully saturated rings. The van der Waals surface area contributed by atoms with Crippen molar-refractivity contribution in [1.29, 1.82) is 0 Å². The second kappa shape index (κ2) is 5.64. The smallest absolute Gasteiger partial charge is 0.164 e. The van der Waals surface area contributed by atoms with Gasteiger partial charge in [0.2, 0.25) is 0 Å². The van der Waals surface area contributed by atoms with E-state index in [4.69, 9.17) is 11.6 Å². The van der Waals surface area contributed by atoms with Gasteiger partial charge < -0.3 is 0 Å². The van der Waals surface area contributed by atoms with Gasteiger partial charge in [-0.1, -0.05) is 48.5 Å². The Morgan fingerprint density at radius 3 is 2.00 bits per heavy atom. The topological polar surface area (TPSA) is 17.1 Å². The predicted octanol–water partition coefficient (Wildman–Crippen LogP) is 5.19. The van der Waals surface area contributed by atoms with Crippen molar-refractivity contribution < 1.29 is 4.79 Å². The highest BCUT2D eigenvalue weighted by Crippen LogP contribution is 2.29. The first-order valence-electron chi connectivity index (χ1n) is 6.81. The van der Waals surface area contributed by atoms with E-state index in [1.807, 2.05) is 36.4 Å². The molecule has 0 atom stereocenters. The van der Waals surface area contributed by atoms with Crippen LogP contribution in [0.3, 0.4) is 0 Å². The Labute approximate surface area is 123 Å². The fourth-order valence-electron chi connectivity index (χ4n) is 2.67. The number of fused-ring (bicyclic) bond motifs is 2. The first kappa shape index (κ1) is 13.1. The van der Waals surface area contributed by atoms with E-state index in [0.717, 1.165) is 33.5 Å². The number of hydrogen-bond donors (Lipinski definition) is 0. The average molecular weight is 283 g/mol. The van der Waals surface area contributed by atoms with Crippen LogP contribution in [0.15, 0.2) is 54.6 Å². The Balaban J connectivity index is 2.30. The minimum atomic E-state index is 0.179. The number of rotatable bonds is 4. The number of benzene rings is 3. The summed E-state index contributed by atoms with van der Waals surface area (Å²) in [4.78, 5) is 12.6. The quantitative estimate of drug-likeness (QED) is 0.365. The maximum Gasteiger partial charge on any atom is 0.164 e. The third-order valence-electron chi connectivity index (χ3n) is 3.59. The minimum absolute atomic E-state index is 0.179. The van der Waals surface area contributed by atoms with Crippen molar-refractivity contribution in [3.05, 3.63) is 60.2 Å². The van der Waals surface area contributed by atoms with Crippen molar-refractivity contribution in [3.8, 4) is 0 Å². The maximum absolute atomic E-state index is 12.6. The highest BCUT2D eigenvalue weighted by molar-refractivity contribution is 6.20. The first-order chi connectivity index (χ1) is 9.81. The molecule has 0 unspecified atom stereocenters. The van der Waals surface area contributed by atoms with Crippen LogP contribution in [-0.4, -0.2) is 11.7 Å². The second-order valence-electron chi connectivity index (χ2n) is 4.91. The highest BCUT2D eigenvalue weighted by Gasteiger charge is 2.14. The lowest BCUT2D eigenvalue weighted by Gasteiger charge is -2.10. The van der Waals surface area contributed by atoms with Crippen molar-refractivity contribution >= 4 is 38.9 Å². The number of alkyl halides is 1. The summed E-state index contributed by atoms with van der Waals surface area (Å²) in [5.74, 6) is 0.702. The van der Waals surface area contributed by atoms with Gasteiger partial charge in [0.15, 0.2) is 5.78 Å². The van der Waals surface area contributed by atoms with Gasteiger partial charge in [-0.15, -0.1) is 11.6 Å². The van der Waals surface area contributed by atoms with Gasteiger partial charge in [-0.2, -0.15) is 0 Å². The molecular weight excluding hydrogens is 268 g/mol. The Morgan fingerprint density at radius 1 is 0.900 bits per heavy atom. The van der Waals surface area contributed by atoms with Crippen molar-refractivity contribution in [2.75, 3.05) is 5.88 Å². The Kier molecular flexibility index (Phi) is 3.70. The molecule has 3 rings (SSSR count). The molecule has 0 saturated heterocycles. The third-order valence-corrected chi connectivity index (χ3v) is 3.85. The molecular formula is C18H15ClO. The lowest BCUT2D eigenvalue weighted by atomic mass is 9.93. The molecule has 100 valence electrons. The average Bonchev–Trinajstić information content (AvgIpc) is 2.50. The molecule has 0 amide bonds. The summed E-state index contributed by atoms with van der Waals surface area (Å²) < 4.78 is 0. The van der Waals surface area contributed by atoms with Crippen molar-refractivity contribution in [2.45, 2.75) is 12.8 Å². The molecule has 0 aliphatic carbocycles. The van der Waals surface area contributed by atoms with E-state index in [2.05, 4.69) is 18.2 Å². The Hall–Kier alpha value is -1.86. The van der Waals surface area contributed by atoms with Crippen LogP contribution in [0, 0.1) is 0 Å². The number of hydrogen-bond acceptors (Lipinski definition) is 1. The van der Waals surface area contributed by atoms with Crippen molar-refractivity contribution in [2.24, 2.45) is 0 Å². The highest BCUT2D eigenvalue weighted by atomic mass is 35.5. The van der Waals surface area contributed by atoms with E-state index >= 15 is 0 Å². The zero-order valence-corrected chi connectivity index (χ0v) is 11.9. The zero-order valence-electron chi connectivity index (χ0n) is 11.1. The Morgan fingerprint density at radius 2 is 1.45 bits per heavy atom. The summed E-state index contributed by atoms with van der Waals surface area (Å²) >= 11 is 5.72. The molecule has 0 bridgehead atoms. The van der Waals surface area contributed by atoms with Crippen LogP contribution < -0.4 is 0 Å². The molecule has 0 spiro atoms. The number of halogens is 1. The molecule has 0 aliphatic rings. The maximum atomic E-state index is 12.6. The molecule has 0 radical (unpaired) electrons. The van der Waals surface area contributed by atoms with E-state index in [1.54, 1.807) is 0 Å². The third kappa shape index (κ3) is 2.30. The summed E-state index contributed by atoms with van der Waals surface area (Å²) in [7, 11) is 0. The van der Waals surface area contributed by atoms with Crippen LogP contribution in [-0.2, 0) is 0 Å². The molecule has 2 heteroatoms. The fourth-order valence-corrected chi connectivity index (χ4v) is 2.80. The van der Waals surface area contributed by atoms with Gasteiger partial charge in [0, 0.05) is 17.9 Å². The number of carbonyl (C=O) groups is 1. The standard InChI is InChI=1S/C18H15ClO/c19-11-5-10-17(20)18-15-8-3-1-6-13(15)12-14-7-2-4-9-16(14)18/h1-4,6-9,12H,5,10-11H2. The molecule has 1 nitrogen and oxygen atoms in total. The monoisotopic (exact) mass is 282 g/mol. The Bertz CT molecular complexity index is 723. The van der Waals surface area contributed by atoms with Gasteiger partial charge in [0.05, 0.1) is 0 Å². The molecule has 0 saturated carbocycles. The van der Waals surface area contributed by atoms with Crippen LogP contribution >= 0.6 is 11.6 Å². The number of ketones is 1. The van der Waals surface area contributed by atoms with Gasteiger partial charge in [0.1, 0.15) is 0 Å². The fraction of sp³-hybridized carbons (Fsp3) is 0.167. The van der Waals surface area contributed by atoms with E-state index in [-0.39, 0.29) is 5.78 Å². The van der Waals surface area contributed by atoms with E-state index in [1.165, 1.54) is 0 Å². The van der Waals surface area contributed by atoms with Crippen molar-refractivity contribution in [1.82, 2.24) is 0 Å². The van der Waals surface area contributed by atoms with E-state index in [0.29, 0.717) is 12.3 Å². The van der Waals surface area contributed by atoms with Gasteiger partial charge >= 0.3 is 0 Å². The normalized spacial score (nSPS) is 11.1. The molecule has 0 heterocycles. The number of Topliss-reactive ketones (excluding diaryl/α,β-unsaturated/α-hetero) is 1. The SMILES string of the molecule is O=C(CCCCl)c1c2ccccc2cc2ccccc12.